The van der Waals surface area contributed by atoms with Crippen LogP contribution in [0.3, 0.4) is 0 Å². The second kappa shape index (κ2) is 3.28. The maximum atomic E-state index is 5.75. The Balaban J connectivity index is 2.79. The van der Waals surface area contributed by atoms with E-state index in [2.05, 4.69) is 34.9 Å². The Hall–Kier alpha value is -1.03. The Kier molecular flexibility index (Phi) is 2.23. The van der Waals surface area contributed by atoms with Crippen molar-refractivity contribution in [3.8, 4) is 0 Å². The molecule has 0 aliphatic heterocycles. The Morgan fingerprint density at radius 3 is 2.79 bits per heavy atom. The summed E-state index contributed by atoms with van der Waals surface area (Å²) in [6.45, 7) is 4.20. The summed E-state index contributed by atoms with van der Waals surface area (Å²) in [5.74, 6) is 0. The quantitative estimate of drug-likeness (QED) is 0.795. The number of benzene rings is 1. The van der Waals surface area contributed by atoms with E-state index in [1.165, 1.54) is 0 Å². The number of nitrogens with zero attached hydrogens (tertiary/aromatic N) is 2. The fourth-order valence-electron chi connectivity index (χ4n) is 1.51. The summed E-state index contributed by atoms with van der Waals surface area (Å²) in [6.07, 6.45) is 0. The lowest BCUT2D eigenvalue weighted by Gasteiger charge is -2.06. The van der Waals surface area contributed by atoms with E-state index in [0.717, 1.165) is 21.2 Å². The maximum absolute atomic E-state index is 5.75. The Labute approximate surface area is 91.0 Å². The number of rotatable bonds is 1. The molecule has 0 bridgehead atoms. The average Bonchev–Trinajstić information content (AvgIpc) is 2.43. The molecule has 1 heterocycles. The highest BCUT2D eigenvalue weighted by Crippen LogP contribution is 2.27. The van der Waals surface area contributed by atoms with Crippen LogP contribution >= 0.6 is 15.9 Å². The van der Waals surface area contributed by atoms with Crippen LogP contribution in [0.2, 0.25) is 0 Å². The van der Waals surface area contributed by atoms with Gasteiger partial charge in [-0.05, 0) is 48.0 Å². The molecule has 3 nitrogen and oxygen atoms in total. The van der Waals surface area contributed by atoms with Gasteiger partial charge in [-0.3, -0.25) is 4.68 Å². The monoisotopic (exact) mass is 253 g/mol. The number of halogens is 1. The van der Waals surface area contributed by atoms with Gasteiger partial charge in [0, 0.05) is 17.1 Å². The van der Waals surface area contributed by atoms with Crippen molar-refractivity contribution in [2.24, 2.45) is 0 Å². The van der Waals surface area contributed by atoms with Gasteiger partial charge in [0.15, 0.2) is 0 Å². The standard InChI is InChI=1S/C10H12BrN3/c1-6(2)14-9-5-7(12)3-4-8(9)10(11)13-14/h3-6H,12H2,1-2H3. The third-order valence-electron chi connectivity index (χ3n) is 2.18. The van der Waals surface area contributed by atoms with Crippen LogP contribution in [0.5, 0.6) is 0 Å². The van der Waals surface area contributed by atoms with E-state index in [1.807, 2.05) is 22.9 Å². The van der Waals surface area contributed by atoms with Gasteiger partial charge < -0.3 is 5.73 Å². The van der Waals surface area contributed by atoms with Crippen LogP contribution in [-0.2, 0) is 0 Å². The summed E-state index contributed by atoms with van der Waals surface area (Å²) >= 11 is 3.44. The predicted molar refractivity (Wildman–Crippen MR) is 62.2 cm³/mol. The SMILES string of the molecule is CC(C)n1nc(Br)c2ccc(N)cc21. The van der Waals surface area contributed by atoms with Gasteiger partial charge in [0.05, 0.1) is 5.52 Å². The van der Waals surface area contributed by atoms with Gasteiger partial charge in [-0.25, -0.2) is 0 Å². The molecule has 0 saturated carbocycles. The highest BCUT2D eigenvalue weighted by atomic mass is 79.9. The minimum absolute atomic E-state index is 0.339. The first-order valence-corrected chi connectivity index (χ1v) is 5.32. The zero-order valence-electron chi connectivity index (χ0n) is 8.16. The fourth-order valence-corrected chi connectivity index (χ4v) is 2.01. The Morgan fingerprint density at radius 2 is 2.14 bits per heavy atom. The number of anilines is 1. The van der Waals surface area contributed by atoms with Gasteiger partial charge >= 0.3 is 0 Å². The first-order valence-electron chi connectivity index (χ1n) is 4.53. The summed E-state index contributed by atoms with van der Waals surface area (Å²) < 4.78 is 2.84. The molecule has 0 aliphatic rings. The minimum atomic E-state index is 0.339. The second-order valence-electron chi connectivity index (χ2n) is 3.61. The van der Waals surface area contributed by atoms with Crippen LogP contribution in [0, 0.1) is 0 Å². The van der Waals surface area contributed by atoms with E-state index in [9.17, 15) is 0 Å². The summed E-state index contributed by atoms with van der Waals surface area (Å²) in [5.41, 5.74) is 7.59. The minimum Gasteiger partial charge on any atom is -0.399 e. The smallest absolute Gasteiger partial charge is 0.136 e. The molecule has 0 amide bonds. The van der Waals surface area contributed by atoms with E-state index < -0.39 is 0 Å². The summed E-state index contributed by atoms with van der Waals surface area (Å²) in [7, 11) is 0. The molecular formula is C10H12BrN3. The van der Waals surface area contributed by atoms with Crippen LogP contribution in [-0.4, -0.2) is 9.78 Å². The zero-order valence-corrected chi connectivity index (χ0v) is 9.75. The van der Waals surface area contributed by atoms with Crippen molar-refractivity contribution in [2.75, 3.05) is 5.73 Å². The molecule has 0 fully saturated rings. The summed E-state index contributed by atoms with van der Waals surface area (Å²) in [4.78, 5) is 0. The molecule has 0 radical (unpaired) electrons. The normalized spacial score (nSPS) is 11.4. The molecular weight excluding hydrogens is 242 g/mol. The number of hydrogen-bond donors (Lipinski definition) is 1. The molecule has 74 valence electrons. The summed E-state index contributed by atoms with van der Waals surface area (Å²) in [5, 5.41) is 5.51. The molecule has 2 rings (SSSR count). The van der Waals surface area contributed by atoms with E-state index in [-0.39, 0.29) is 0 Å². The van der Waals surface area contributed by atoms with E-state index in [0.29, 0.717) is 6.04 Å². The zero-order chi connectivity index (χ0) is 10.3. The van der Waals surface area contributed by atoms with Gasteiger partial charge in [0.25, 0.3) is 0 Å². The first kappa shape index (κ1) is 9.52. The van der Waals surface area contributed by atoms with Gasteiger partial charge in [-0.15, -0.1) is 0 Å². The number of nitrogen functional groups attached to an aromatic ring is 1. The highest BCUT2D eigenvalue weighted by molar-refractivity contribution is 9.10. The predicted octanol–water partition coefficient (Wildman–Crippen LogP) is 2.96. The lowest BCUT2D eigenvalue weighted by molar-refractivity contribution is 0.548. The molecule has 1 aromatic carbocycles. The van der Waals surface area contributed by atoms with Crippen LogP contribution in [0.4, 0.5) is 5.69 Å². The van der Waals surface area contributed by atoms with E-state index >= 15 is 0 Å². The molecule has 2 N–H and O–H groups in total. The van der Waals surface area contributed by atoms with E-state index in [1.54, 1.807) is 0 Å². The highest BCUT2D eigenvalue weighted by Gasteiger charge is 2.10. The molecule has 0 unspecified atom stereocenters. The number of nitrogens with two attached hydrogens (primary N) is 1. The molecule has 0 spiro atoms. The second-order valence-corrected chi connectivity index (χ2v) is 4.36. The van der Waals surface area contributed by atoms with Crippen LogP contribution in [0.1, 0.15) is 19.9 Å². The van der Waals surface area contributed by atoms with Crippen molar-refractivity contribution in [1.82, 2.24) is 9.78 Å². The third-order valence-corrected chi connectivity index (χ3v) is 2.76. The molecule has 2 aromatic rings. The molecule has 0 saturated heterocycles. The van der Waals surface area contributed by atoms with Gasteiger partial charge in [0.2, 0.25) is 0 Å². The Bertz CT molecular complexity index is 473. The average molecular weight is 254 g/mol. The van der Waals surface area contributed by atoms with E-state index in [4.69, 9.17) is 5.73 Å². The molecule has 0 aliphatic carbocycles. The lowest BCUT2D eigenvalue weighted by Crippen LogP contribution is -2.02. The number of aromatic nitrogens is 2. The van der Waals surface area contributed by atoms with Crippen LogP contribution in [0.15, 0.2) is 22.8 Å². The topological polar surface area (TPSA) is 43.8 Å². The number of hydrogen-bond acceptors (Lipinski definition) is 2. The first-order chi connectivity index (χ1) is 6.59. The third kappa shape index (κ3) is 1.39. The van der Waals surface area contributed by atoms with Gasteiger partial charge in [-0.1, -0.05) is 0 Å². The largest absolute Gasteiger partial charge is 0.399 e. The maximum Gasteiger partial charge on any atom is 0.136 e. The van der Waals surface area contributed by atoms with Crippen molar-refractivity contribution in [3.05, 3.63) is 22.8 Å². The summed E-state index contributed by atoms with van der Waals surface area (Å²) in [6, 6.07) is 6.17. The van der Waals surface area contributed by atoms with Gasteiger partial charge in [0.1, 0.15) is 4.60 Å². The van der Waals surface area contributed by atoms with Gasteiger partial charge in [-0.2, -0.15) is 5.10 Å². The van der Waals surface area contributed by atoms with Crippen molar-refractivity contribution < 1.29 is 0 Å². The molecule has 1 aromatic heterocycles. The molecule has 14 heavy (non-hydrogen) atoms. The van der Waals surface area contributed by atoms with Crippen molar-refractivity contribution in [3.63, 3.8) is 0 Å². The number of fused-ring (bicyclic) bond motifs is 1. The van der Waals surface area contributed by atoms with Crippen molar-refractivity contribution in [2.45, 2.75) is 19.9 Å². The molecule has 0 atom stereocenters. The van der Waals surface area contributed by atoms with Crippen LogP contribution in [0.25, 0.3) is 10.9 Å². The lowest BCUT2D eigenvalue weighted by atomic mass is 10.2. The molecule has 4 heteroatoms. The Morgan fingerprint density at radius 1 is 1.43 bits per heavy atom. The fraction of sp³-hybridized carbons (Fsp3) is 0.300. The van der Waals surface area contributed by atoms with Crippen molar-refractivity contribution in [1.29, 1.82) is 0 Å². The van der Waals surface area contributed by atoms with Crippen LogP contribution < -0.4 is 5.73 Å². The van der Waals surface area contributed by atoms with Crippen molar-refractivity contribution >= 4 is 32.5 Å².